The van der Waals surface area contributed by atoms with Gasteiger partial charge in [-0.05, 0) is 38.8 Å². The van der Waals surface area contributed by atoms with Crippen molar-refractivity contribution in [3.05, 3.63) is 23.3 Å². The maximum atomic E-state index is 11.2. The van der Waals surface area contributed by atoms with Gasteiger partial charge in [-0.25, -0.2) is 10.9 Å². The van der Waals surface area contributed by atoms with E-state index >= 15 is 0 Å². The van der Waals surface area contributed by atoms with Crippen molar-refractivity contribution in [1.82, 2.24) is 10.9 Å². The van der Waals surface area contributed by atoms with E-state index in [1.165, 1.54) is 12.4 Å². The fraction of sp³-hybridized carbons (Fsp3) is 0.333. The maximum absolute atomic E-state index is 11.2. The van der Waals surface area contributed by atoms with E-state index in [-0.39, 0.29) is 0 Å². The van der Waals surface area contributed by atoms with E-state index in [0.717, 1.165) is 11.1 Å². The number of hydrazone groups is 2. The van der Waals surface area contributed by atoms with Crippen LogP contribution < -0.4 is 10.9 Å². The molecule has 0 rings (SSSR count). The molecule has 0 aliphatic heterocycles. The van der Waals surface area contributed by atoms with E-state index < -0.39 is 11.8 Å². The lowest BCUT2D eigenvalue weighted by Gasteiger charge is -1.97. The zero-order valence-corrected chi connectivity index (χ0v) is 11.0. The third-order valence-electron chi connectivity index (χ3n) is 1.99. The van der Waals surface area contributed by atoms with E-state index in [1.807, 2.05) is 39.8 Å². The van der Waals surface area contributed by atoms with Crippen LogP contribution in [0.2, 0.25) is 0 Å². The van der Waals surface area contributed by atoms with Crippen molar-refractivity contribution in [2.24, 2.45) is 10.2 Å². The van der Waals surface area contributed by atoms with Crippen LogP contribution in [-0.4, -0.2) is 24.2 Å². The molecule has 0 bridgehead atoms. The van der Waals surface area contributed by atoms with Gasteiger partial charge in [0.15, 0.2) is 0 Å². The molecule has 0 saturated carbocycles. The summed E-state index contributed by atoms with van der Waals surface area (Å²) in [6, 6.07) is 0. The van der Waals surface area contributed by atoms with Gasteiger partial charge in [-0.2, -0.15) is 10.2 Å². The molecule has 0 radical (unpaired) electrons. The molecule has 98 valence electrons. The Hall–Kier alpha value is -2.24. The number of carbonyl (C=O) groups is 2. The van der Waals surface area contributed by atoms with Crippen molar-refractivity contribution in [3.63, 3.8) is 0 Å². The zero-order valence-electron chi connectivity index (χ0n) is 11.0. The summed E-state index contributed by atoms with van der Waals surface area (Å²) in [6.07, 6.45) is 6.52. The average Bonchev–Trinajstić information content (AvgIpc) is 2.37. The number of amides is 2. The number of nitrogens with one attached hydrogen (secondary N) is 2. The molecule has 0 aromatic rings. The Morgan fingerprint density at radius 2 is 1.17 bits per heavy atom. The monoisotopic (exact) mass is 250 g/mol. The van der Waals surface area contributed by atoms with Gasteiger partial charge in [0.2, 0.25) is 0 Å². The molecule has 0 saturated heterocycles. The van der Waals surface area contributed by atoms with E-state index in [2.05, 4.69) is 21.1 Å². The van der Waals surface area contributed by atoms with Gasteiger partial charge in [0.1, 0.15) is 0 Å². The van der Waals surface area contributed by atoms with Crippen molar-refractivity contribution < 1.29 is 9.59 Å². The van der Waals surface area contributed by atoms with E-state index in [9.17, 15) is 9.59 Å². The summed E-state index contributed by atoms with van der Waals surface area (Å²) in [4.78, 5) is 22.4. The summed E-state index contributed by atoms with van der Waals surface area (Å²) >= 11 is 0. The SMILES string of the molecule is CC=C(C)C=NNC(=O)C(=O)NN=CC(C)=CC. The lowest BCUT2D eigenvalue weighted by molar-refractivity contribution is -0.139. The molecule has 6 nitrogen and oxygen atoms in total. The summed E-state index contributed by atoms with van der Waals surface area (Å²) in [5.41, 5.74) is 5.92. The number of hydrogen-bond acceptors (Lipinski definition) is 4. The standard InChI is InChI=1S/C12H18N4O2/c1-5-9(3)7-13-15-11(17)12(18)16-14-8-10(4)6-2/h5-8H,1-4H3,(H,15,17)(H,16,18). The molecule has 0 aliphatic rings. The van der Waals surface area contributed by atoms with Gasteiger partial charge in [0.05, 0.1) is 0 Å². The average molecular weight is 250 g/mol. The highest BCUT2D eigenvalue weighted by Crippen LogP contribution is 1.85. The maximum Gasteiger partial charge on any atom is 0.331 e. The van der Waals surface area contributed by atoms with Crippen molar-refractivity contribution in [3.8, 4) is 0 Å². The molecule has 0 fully saturated rings. The van der Waals surface area contributed by atoms with Crippen LogP contribution in [0.25, 0.3) is 0 Å². The Morgan fingerprint density at radius 1 is 0.833 bits per heavy atom. The van der Waals surface area contributed by atoms with Crippen molar-refractivity contribution in [1.29, 1.82) is 0 Å². The fourth-order valence-corrected chi connectivity index (χ4v) is 0.636. The largest absolute Gasteiger partial charge is 0.331 e. The molecule has 0 aromatic heterocycles. The highest BCUT2D eigenvalue weighted by atomic mass is 16.2. The Labute approximate surface area is 107 Å². The minimum Gasteiger partial charge on any atom is -0.262 e. The number of carbonyl (C=O) groups excluding carboxylic acids is 2. The molecule has 0 atom stereocenters. The van der Waals surface area contributed by atoms with E-state index in [0.29, 0.717) is 0 Å². The summed E-state index contributed by atoms with van der Waals surface area (Å²) in [5, 5.41) is 7.21. The Bertz CT molecular complexity index is 380. The third kappa shape index (κ3) is 7.10. The third-order valence-corrected chi connectivity index (χ3v) is 1.99. The minimum absolute atomic E-state index is 0.870. The number of nitrogens with zero attached hydrogens (tertiary/aromatic N) is 2. The van der Waals surface area contributed by atoms with Crippen LogP contribution in [-0.2, 0) is 9.59 Å². The molecule has 0 aromatic carbocycles. The molecule has 6 heteroatoms. The number of hydrogen-bond donors (Lipinski definition) is 2. The number of allylic oxidation sites excluding steroid dienone is 4. The van der Waals surface area contributed by atoms with Gasteiger partial charge < -0.3 is 0 Å². The van der Waals surface area contributed by atoms with Gasteiger partial charge in [-0.15, -0.1) is 0 Å². The van der Waals surface area contributed by atoms with Crippen LogP contribution in [0.5, 0.6) is 0 Å². The lowest BCUT2D eigenvalue weighted by atomic mass is 10.3. The van der Waals surface area contributed by atoms with Crippen LogP contribution in [0.1, 0.15) is 27.7 Å². The summed E-state index contributed by atoms with van der Waals surface area (Å²) in [5.74, 6) is -1.74. The predicted octanol–water partition coefficient (Wildman–Crippen LogP) is 1.12. The second-order valence-electron chi connectivity index (χ2n) is 3.46. The van der Waals surface area contributed by atoms with Crippen LogP contribution in [0, 0.1) is 0 Å². The molecule has 2 amide bonds. The molecular formula is C12H18N4O2. The van der Waals surface area contributed by atoms with Gasteiger partial charge in [0.25, 0.3) is 0 Å². The van der Waals surface area contributed by atoms with Gasteiger partial charge in [0, 0.05) is 12.4 Å². The van der Waals surface area contributed by atoms with Crippen molar-refractivity contribution in [2.75, 3.05) is 0 Å². The Morgan fingerprint density at radius 3 is 1.44 bits per heavy atom. The van der Waals surface area contributed by atoms with Crippen LogP contribution in [0.15, 0.2) is 33.5 Å². The molecule has 0 heterocycles. The first-order chi connectivity index (χ1) is 8.51. The Kier molecular flexibility index (Phi) is 7.76. The predicted molar refractivity (Wildman–Crippen MR) is 72.1 cm³/mol. The molecule has 18 heavy (non-hydrogen) atoms. The van der Waals surface area contributed by atoms with Gasteiger partial charge in [-0.1, -0.05) is 12.2 Å². The van der Waals surface area contributed by atoms with Gasteiger partial charge >= 0.3 is 11.8 Å². The summed E-state index contributed by atoms with van der Waals surface area (Å²) < 4.78 is 0. The first-order valence-corrected chi connectivity index (χ1v) is 5.43. The van der Waals surface area contributed by atoms with Crippen molar-refractivity contribution >= 4 is 24.2 Å². The first-order valence-electron chi connectivity index (χ1n) is 5.43. The summed E-state index contributed by atoms with van der Waals surface area (Å²) in [6.45, 7) is 7.32. The topological polar surface area (TPSA) is 82.9 Å². The Balaban J connectivity index is 4.17. The quantitative estimate of drug-likeness (QED) is 0.445. The second kappa shape index (κ2) is 8.86. The highest BCUT2D eigenvalue weighted by Gasteiger charge is 2.10. The lowest BCUT2D eigenvalue weighted by Crippen LogP contribution is -2.35. The molecule has 0 aliphatic carbocycles. The second-order valence-corrected chi connectivity index (χ2v) is 3.46. The zero-order chi connectivity index (χ0) is 14.0. The summed E-state index contributed by atoms with van der Waals surface area (Å²) in [7, 11) is 0. The van der Waals surface area contributed by atoms with E-state index in [4.69, 9.17) is 0 Å². The molecule has 0 unspecified atom stereocenters. The molecular weight excluding hydrogens is 232 g/mol. The molecule has 2 N–H and O–H groups in total. The molecule has 0 spiro atoms. The highest BCUT2D eigenvalue weighted by molar-refractivity contribution is 6.35. The van der Waals surface area contributed by atoms with Crippen LogP contribution in [0.3, 0.4) is 0 Å². The first kappa shape index (κ1) is 15.8. The fourth-order valence-electron chi connectivity index (χ4n) is 0.636. The van der Waals surface area contributed by atoms with Crippen molar-refractivity contribution in [2.45, 2.75) is 27.7 Å². The van der Waals surface area contributed by atoms with Gasteiger partial charge in [-0.3, -0.25) is 9.59 Å². The van der Waals surface area contributed by atoms with Crippen LogP contribution in [0.4, 0.5) is 0 Å². The van der Waals surface area contributed by atoms with Crippen LogP contribution >= 0.6 is 0 Å². The normalized spacial score (nSPS) is 13.1. The number of rotatable bonds is 4. The smallest absolute Gasteiger partial charge is 0.262 e. The minimum atomic E-state index is -0.870. The van der Waals surface area contributed by atoms with E-state index in [1.54, 1.807) is 0 Å².